The molecule has 1 atom stereocenters. The summed E-state index contributed by atoms with van der Waals surface area (Å²) in [6.07, 6.45) is 1.60. The second kappa shape index (κ2) is 10.6. The fourth-order valence-corrected chi connectivity index (χ4v) is 3.75. The van der Waals surface area contributed by atoms with E-state index in [1.165, 1.54) is 17.8 Å². The van der Waals surface area contributed by atoms with Gasteiger partial charge >= 0.3 is 0 Å². The molecule has 0 saturated heterocycles. The predicted molar refractivity (Wildman–Crippen MR) is 121 cm³/mol. The summed E-state index contributed by atoms with van der Waals surface area (Å²) in [5.74, 6) is 0.538. The lowest BCUT2D eigenvalue weighted by Gasteiger charge is -2.20. The molecule has 0 radical (unpaired) electrons. The van der Waals surface area contributed by atoms with E-state index >= 15 is 0 Å². The Morgan fingerprint density at radius 2 is 2.00 bits per heavy atom. The summed E-state index contributed by atoms with van der Waals surface area (Å²) in [4.78, 5) is 33.2. The number of aromatic amines is 1. The van der Waals surface area contributed by atoms with Gasteiger partial charge in [0.1, 0.15) is 11.6 Å². The van der Waals surface area contributed by atoms with E-state index in [2.05, 4.69) is 30.8 Å². The third kappa shape index (κ3) is 6.43. The number of thioether (sulfide) groups is 1. The zero-order chi connectivity index (χ0) is 22.4. The van der Waals surface area contributed by atoms with Crippen molar-refractivity contribution in [3.05, 3.63) is 64.0 Å². The van der Waals surface area contributed by atoms with Crippen LogP contribution in [0.4, 0.5) is 5.82 Å². The van der Waals surface area contributed by atoms with Gasteiger partial charge in [-0.15, -0.1) is 5.10 Å². The first-order valence-corrected chi connectivity index (χ1v) is 11.1. The molecule has 0 aliphatic rings. The maximum Gasteiger partial charge on any atom is 0.253 e. The van der Waals surface area contributed by atoms with Crippen LogP contribution in [0.5, 0.6) is 0 Å². The van der Waals surface area contributed by atoms with Crippen LogP contribution < -0.4 is 10.6 Å². The normalized spacial score (nSPS) is 11.9. The fourth-order valence-electron chi connectivity index (χ4n) is 2.65. The number of nitrogens with one attached hydrogen (secondary N) is 3. The first-order valence-electron chi connectivity index (χ1n) is 9.35. The van der Waals surface area contributed by atoms with E-state index in [-0.39, 0.29) is 28.5 Å². The molecule has 0 fully saturated rings. The van der Waals surface area contributed by atoms with Gasteiger partial charge in [0, 0.05) is 11.2 Å². The van der Waals surface area contributed by atoms with Crippen LogP contribution in [0.25, 0.3) is 0 Å². The predicted octanol–water partition coefficient (Wildman–Crippen LogP) is 4.36. The lowest BCUT2D eigenvalue weighted by atomic mass is 10.0. The molecule has 0 unspecified atom stereocenters. The molecule has 2 heterocycles. The van der Waals surface area contributed by atoms with Crippen molar-refractivity contribution in [1.29, 1.82) is 0 Å². The molecule has 3 N–H and O–H groups in total. The van der Waals surface area contributed by atoms with E-state index in [0.29, 0.717) is 27.4 Å². The van der Waals surface area contributed by atoms with Gasteiger partial charge < -0.3 is 10.6 Å². The second-order valence-corrected chi connectivity index (χ2v) is 8.66. The number of halogens is 2. The first kappa shape index (κ1) is 23.1. The molecule has 0 saturated carbocycles. The molecule has 0 aliphatic heterocycles. The van der Waals surface area contributed by atoms with Gasteiger partial charge in [0.15, 0.2) is 0 Å². The molecule has 0 aliphatic carbocycles. The van der Waals surface area contributed by atoms with Crippen molar-refractivity contribution >= 4 is 52.6 Å². The highest BCUT2D eigenvalue weighted by atomic mass is 35.5. The smallest absolute Gasteiger partial charge is 0.253 e. The Bertz CT molecular complexity index is 1060. The number of hydrogen-bond acceptors (Lipinski definition) is 6. The molecule has 3 rings (SSSR count). The molecule has 0 bridgehead atoms. The van der Waals surface area contributed by atoms with Gasteiger partial charge in [0.25, 0.3) is 5.91 Å². The minimum atomic E-state index is -0.427. The standard InChI is InChI=1S/C20H20Cl2N6O2S/c1-11(2)17(25-19(30)13-7-6-12(21)9-14(13)22)18-26-20(28-27-18)31-10-16(29)24-15-5-3-4-8-23-15/h3-9,11,17H,10H2,1-2H3,(H,25,30)(H,23,24,29)(H,26,27,28)/t17-/m1/s1. The number of pyridine rings is 1. The Balaban J connectivity index is 1.62. The van der Waals surface area contributed by atoms with Gasteiger partial charge in [0.2, 0.25) is 11.1 Å². The van der Waals surface area contributed by atoms with Crippen molar-refractivity contribution in [3.8, 4) is 0 Å². The van der Waals surface area contributed by atoms with Crippen molar-refractivity contribution in [3.63, 3.8) is 0 Å². The molecule has 8 nitrogen and oxygen atoms in total. The van der Waals surface area contributed by atoms with Crippen LogP contribution >= 0.6 is 35.0 Å². The van der Waals surface area contributed by atoms with Gasteiger partial charge in [-0.05, 0) is 36.2 Å². The summed E-state index contributed by atoms with van der Waals surface area (Å²) in [5.41, 5.74) is 0.317. The average molecular weight is 479 g/mol. The number of aromatic nitrogens is 4. The average Bonchev–Trinajstić information content (AvgIpc) is 3.19. The summed E-state index contributed by atoms with van der Waals surface area (Å²) in [6.45, 7) is 3.90. The Morgan fingerprint density at radius 3 is 2.68 bits per heavy atom. The topological polar surface area (TPSA) is 113 Å². The van der Waals surface area contributed by atoms with Crippen LogP contribution in [-0.4, -0.2) is 37.7 Å². The largest absolute Gasteiger partial charge is 0.342 e. The SMILES string of the molecule is CC(C)[C@@H](NC(=O)c1ccc(Cl)cc1Cl)c1nc(SCC(=O)Nc2ccccn2)n[nH]1. The van der Waals surface area contributed by atoms with Crippen molar-refractivity contribution < 1.29 is 9.59 Å². The molecule has 31 heavy (non-hydrogen) atoms. The Hall–Kier alpha value is -2.62. The van der Waals surface area contributed by atoms with Gasteiger partial charge in [-0.1, -0.05) is 54.9 Å². The number of carbonyl (C=O) groups is 2. The van der Waals surface area contributed by atoms with Gasteiger partial charge in [0.05, 0.1) is 22.4 Å². The van der Waals surface area contributed by atoms with Crippen molar-refractivity contribution in [1.82, 2.24) is 25.5 Å². The fraction of sp³-hybridized carbons (Fsp3) is 0.250. The minimum absolute atomic E-state index is 0.0216. The summed E-state index contributed by atoms with van der Waals surface area (Å²) in [6, 6.07) is 9.52. The third-order valence-electron chi connectivity index (χ3n) is 4.17. The van der Waals surface area contributed by atoms with Crippen molar-refractivity contribution in [2.24, 2.45) is 5.92 Å². The number of benzene rings is 1. The van der Waals surface area contributed by atoms with E-state index in [9.17, 15) is 9.59 Å². The van der Waals surface area contributed by atoms with E-state index in [0.717, 1.165) is 0 Å². The molecule has 3 aromatic rings. The molecule has 0 spiro atoms. The minimum Gasteiger partial charge on any atom is -0.342 e. The molecular formula is C20H20Cl2N6O2S. The summed E-state index contributed by atoms with van der Waals surface area (Å²) >= 11 is 13.2. The zero-order valence-electron chi connectivity index (χ0n) is 16.7. The number of carbonyl (C=O) groups excluding carboxylic acids is 2. The Morgan fingerprint density at radius 1 is 1.19 bits per heavy atom. The quantitative estimate of drug-likeness (QED) is 0.414. The number of rotatable bonds is 8. The number of amides is 2. The van der Waals surface area contributed by atoms with Crippen LogP contribution in [0.15, 0.2) is 47.8 Å². The van der Waals surface area contributed by atoms with Crippen molar-refractivity contribution in [2.45, 2.75) is 25.0 Å². The van der Waals surface area contributed by atoms with E-state index in [4.69, 9.17) is 23.2 Å². The van der Waals surface area contributed by atoms with Crippen LogP contribution in [0.2, 0.25) is 10.0 Å². The van der Waals surface area contributed by atoms with Crippen molar-refractivity contribution in [2.75, 3.05) is 11.1 Å². The third-order valence-corrected chi connectivity index (χ3v) is 5.57. The molecule has 11 heteroatoms. The van der Waals surface area contributed by atoms with E-state index in [1.807, 2.05) is 13.8 Å². The molecular weight excluding hydrogens is 459 g/mol. The van der Waals surface area contributed by atoms with Gasteiger partial charge in [-0.25, -0.2) is 9.97 Å². The maximum atomic E-state index is 12.7. The van der Waals surface area contributed by atoms with Gasteiger partial charge in [-0.3, -0.25) is 14.7 Å². The lowest BCUT2D eigenvalue weighted by molar-refractivity contribution is -0.113. The number of nitrogens with zero attached hydrogens (tertiary/aromatic N) is 3. The Kier molecular flexibility index (Phi) is 7.89. The summed E-state index contributed by atoms with van der Waals surface area (Å²) in [7, 11) is 0. The maximum absolute atomic E-state index is 12.7. The number of anilines is 1. The van der Waals surface area contributed by atoms with Crippen LogP contribution in [-0.2, 0) is 4.79 Å². The van der Waals surface area contributed by atoms with E-state index < -0.39 is 6.04 Å². The second-order valence-electron chi connectivity index (χ2n) is 6.87. The molecule has 162 valence electrons. The highest BCUT2D eigenvalue weighted by Crippen LogP contribution is 2.25. The summed E-state index contributed by atoms with van der Waals surface area (Å²) < 4.78 is 0. The Labute approximate surface area is 193 Å². The number of H-pyrrole nitrogens is 1. The van der Waals surface area contributed by atoms with Crippen LogP contribution in [0.3, 0.4) is 0 Å². The highest BCUT2D eigenvalue weighted by molar-refractivity contribution is 7.99. The van der Waals surface area contributed by atoms with Crippen LogP contribution in [0.1, 0.15) is 36.1 Å². The lowest BCUT2D eigenvalue weighted by Crippen LogP contribution is -2.32. The van der Waals surface area contributed by atoms with E-state index in [1.54, 1.807) is 36.5 Å². The number of hydrogen-bond donors (Lipinski definition) is 3. The molecule has 1 aromatic carbocycles. The van der Waals surface area contributed by atoms with Crippen LogP contribution in [0, 0.1) is 5.92 Å². The monoisotopic (exact) mass is 478 g/mol. The first-order chi connectivity index (χ1) is 14.8. The summed E-state index contributed by atoms with van der Waals surface area (Å²) in [5, 5.41) is 13.7. The molecule has 2 amide bonds. The van der Waals surface area contributed by atoms with Gasteiger partial charge in [-0.2, -0.15) is 0 Å². The zero-order valence-corrected chi connectivity index (χ0v) is 19.1. The highest BCUT2D eigenvalue weighted by Gasteiger charge is 2.24. The molecule has 2 aromatic heterocycles.